The lowest BCUT2D eigenvalue weighted by Crippen LogP contribution is -2.39. The normalized spacial score (nSPS) is 18.9. The molecule has 6 heteroatoms. The number of aromatic carboxylic acids is 1. The second-order valence-corrected chi connectivity index (χ2v) is 4.23. The van der Waals surface area contributed by atoms with Gasteiger partial charge in [0.2, 0.25) is 0 Å². The van der Waals surface area contributed by atoms with Gasteiger partial charge in [-0.3, -0.25) is 4.79 Å². The molecule has 1 atom stereocenters. The van der Waals surface area contributed by atoms with E-state index in [1.165, 1.54) is 6.07 Å². The standard InChI is InChI=1S/C13H15NO5/c1-8-3-2-4-9(13(16)17)11(8)14-12(15)10-7-18-5-6-19-10/h2-4,10H,5-7H2,1H3,(H,14,15)(H,16,17). The average Bonchev–Trinajstić information content (AvgIpc) is 2.41. The molecule has 6 nitrogen and oxygen atoms in total. The van der Waals surface area contributed by atoms with Crippen LogP contribution in [0.15, 0.2) is 18.2 Å². The molecular weight excluding hydrogens is 250 g/mol. The van der Waals surface area contributed by atoms with Crippen molar-refractivity contribution in [1.82, 2.24) is 0 Å². The maximum Gasteiger partial charge on any atom is 0.337 e. The Morgan fingerprint density at radius 2 is 2.16 bits per heavy atom. The Kier molecular flexibility index (Phi) is 4.13. The fraction of sp³-hybridized carbons (Fsp3) is 0.385. The van der Waals surface area contributed by atoms with E-state index >= 15 is 0 Å². The zero-order chi connectivity index (χ0) is 13.8. The van der Waals surface area contributed by atoms with Crippen LogP contribution in [0, 0.1) is 6.92 Å². The first kappa shape index (κ1) is 13.5. The summed E-state index contributed by atoms with van der Waals surface area (Å²) in [5.74, 6) is -1.48. The van der Waals surface area contributed by atoms with Gasteiger partial charge in [-0.1, -0.05) is 12.1 Å². The minimum Gasteiger partial charge on any atom is -0.478 e. The van der Waals surface area contributed by atoms with Crippen molar-refractivity contribution in [3.8, 4) is 0 Å². The molecule has 0 spiro atoms. The van der Waals surface area contributed by atoms with Gasteiger partial charge in [-0.15, -0.1) is 0 Å². The van der Waals surface area contributed by atoms with Crippen molar-refractivity contribution >= 4 is 17.6 Å². The summed E-state index contributed by atoms with van der Waals surface area (Å²) in [5.41, 5.74) is 1.05. The first-order valence-corrected chi connectivity index (χ1v) is 5.92. The number of hydrogen-bond acceptors (Lipinski definition) is 4. The molecule has 19 heavy (non-hydrogen) atoms. The van der Waals surface area contributed by atoms with Gasteiger partial charge in [-0.2, -0.15) is 0 Å². The van der Waals surface area contributed by atoms with Crippen molar-refractivity contribution in [2.45, 2.75) is 13.0 Å². The number of ether oxygens (including phenoxy) is 2. The summed E-state index contributed by atoms with van der Waals surface area (Å²) in [5, 5.41) is 11.7. The Bertz CT molecular complexity index is 494. The summed E-state index contributed by atoms with van der Waals surface area (Å²) in [4.78, 5) is 23.1. The zero-order valence-corrected chi connectivity index (χ0v) is 10.5. The number of carboxylic acid groups (broad SMARTS) is 1. The van der Waals surface area contributed by atoms with Crippen molar-refractivity contribution < 1.29 is 24.2 Å². The summed E-state index contributed by atoms with van der Waals surface area (Å²) in [6.45, 7) is 2.74. The van der Waals surface area contributed by atoms with Gasteiger partial charge >= 0.3 is 5.97 Å². The van der Waals surface area contributed by atoms with E-state index in [-0.39, 0.29) is 12.2 Å². The molecule has 2 rings (SSSR count). The smallest absolute Gasteiger partial charge is 0.337 e. The molecule has 1 amide bonds. The third kappa shape index (κ3) is 3.10. The Balaban J connectivity index is 2.18. The molecule has 0 aromatic heterocycles. The highest BCUT2D eigenvalue weighted by atomic mass is 16.6. The van der Waals surface area contributed by atoms with Crippen molar-refractivity contribution in [3.63, 3.8) is 0 Å². The SMILES string of the molecule is Cc1cccc(C(=O)O)c1NC(=O)C1COCCO1. The van der Waals surface area contributed by atoms with E-state index in [1.54, 1.807) is 19.1 Å². The number of carboxylic acids is 1. The Labute approximate surface area is 110 Å². The van der Waals surface area contributed by atoms with Crippen LogP contribution in [-0.4, -0.2) is 42.9 Å². The van der Waals surface area contributed by atoms with Crippen molar-refractivity contribution in [2.24, 2.45) is 0 Å². The molecular formula is C13H15NO5. The van der Waals surface area contributed by atoms with Crippen LogP contribution < -0.4 is 5.32 Å². The highest BCUT2D eigenvalue weighted by molar-refractivity contribution is 6.02. The lowest BCUT2D eigenvalue weighted by atomic mass is 10.1. The molecule has 0 aliphatic carbocycles. The number of hydrogen-bond donors (Lipinski definition) is 2. The number of para-hydroxylation sites is 1. The van der Waals surface area contributed by atoms with Crippen molar-refractivity contribution in [3.05, 3.63) is 29.3 Å². The van der Waals surface area contributed by atoms with Gasteiger partial charge in [-0.25, -0.2) is 4.79 Å². The molecule has 1 aromatic rings. The number of amides is 1. The lowest BCUT2D eigenvalue weighted by Gasteiger charge is -2.22. The van der Waals surface area contributed by atoms with Crippen LogP contribution >= 0.6 is 0 Å². The summed E-state index contributed by atoms with van der Waals surface area (Å²) in [7, 11) is 0. The van der Waals surface area contributed by atoms with Gasteiger partial charge in [-0.05, 0) is 18.6 Å². The van der Waals surface area contributed by atoms with E-state index in [9.17, 15) is 9.59 Å². The van der Waals surface area contributed by atoms with Gasteiger partial charge in [0.1, 0.15) is 0 Å². The summed E-state index contributed by atoms with van der Waals surface area (Å²) in [6, 6.07) is 4.82. The largest absolute Gasteiger partial charge is 0.478 e. The van der Waals surface area contributed by atoms with E-state index in [1.807, 2.05) is 0 Å². The van der Waals surface area contributed by atoms with E-state index in [4.69, 9.17) is 14.6 Å². The molecule has 0 bridgehead atoms. The molecule has 0 saturated carbocycles. The maximum atomic E-state index is 12.0. The second kappa shape index (κ2) is 5.81. The summed E-state index contributed by atoms with van der Waals surface area (Å²) in [6.07, 6.45) is -0.699. The number of benzene rings is 1. The molecule has 1 heterocycles. The number of carbonyl (C=O) groups excluding carboxylic acids is 1. The monoisotopic (exact) mass is 265 g/mol. The maximum absolute atomic E-state index is 12.0. The molecule has 1 aliphatic heterocycles. The average molecular weight is 265 g/mol. The third-order valence-electron chi connectivity index (χ3n) is 2.86. The summed E-state index contributed by atoms with van der Waals surface area (Å²) >= 11 is 0. The van der Waals surface area contributed by atoms with Gasteiger partial charge in [0.25, 0.3) is 5.91 Å². The van der Waals surface area contributed by atoms with E-state index in [0.29, 0.717) is 24.5 Å². The fourth-order valence-electron chi connectivity index (χ4n) is 1.85. The quantitative estimate of drug-likeness (QED) is 0.853. The first-order valence-electron chi connectivity index (χ1n) is 5.92. The van der Waals surface area contributed by atoms with Gasteiger partial charge in [0, 0.05) is 0 Å². The number of rotatable bonds is 3. The molecule has 1 unspecified atom stereocenters. The van der Waals surface area contributed by atoms with Gasteiger partial charge in [0.15, 0.2) is 6.10 Å². The van der Waals surface area contributed by atoms with E-state index in [0.717, 1.165) is 0 Å². The van der Waals surface area contributed by atoms with Crippen LogP contribution in [0.5, 0.6) is 0 Å². The first-order chi connectivity index (χ1) is 9.09. The highest BCUT2D eigenvalue weighted by Crippen LogP contribution is 2.21. The number of carbonyl (C=O) groups is 2. The molecule has 1 aliphatic rings. The van der Waals surface area contributed by atoms with Crippen LogP contribution in [0.1, 0.15) is 15.9 Å². The predicted octanol–water partition coefficient (Wildman–Crippen LogP) is 1.05. The molecule has 1 saturated heterocycles. The van der Waals surface area contributed by atoms with Crippen LogP contribution in [0.3, 0.4) is 0 Å². The molecule has 102 valence electrons. The number of nitrogens with one attached hydrogen (secondary N) is 1. The van der Waals surface area contributed by atoms with E-state index < -0.39 is 18.0 Å². The van der Waals surface area contributed by atoms with Crippen LogP contribution in [0.2, 0.25) is 0 Å². The predicted molar refractivity (Wildman–Crippen MR) is 67.3 cm³/mol. The minimum absolute atomic E-state index is 0.0603. The third-order valence-corrected chi connectivity index (χ3v) is 2.86. The van der Waals surface area contributed by atoms with Crippen LogP contribution in [0.25, 0.3) is 0 Å². The molecule has 1 fully saturated rings. The second-order valence-electron chi connectivity index (χ2n) is 4.23. The topological polar surface area (TPSA) is 84.9 Å². The molecule has 0 radical (unpaired) electrons. The fourth-order valence-corrected chi connectivity index (χ4v) is 1.85. The van der Waals surface area contributed by atoms with Gasteiger partial charge < -0.3 is 19.9 Å². The number of aryl methyl sites for hydroxylation is 1. The Morgan fingerprint density at radius 3 is 2.79 bits per heavy atom. The Hall–Kier alpha value is -1.92. The highest BCUT2D eigenvalue weighted by Gasteiger charge is 2.24. The molecule has 1 aromatic carbocycles. The summed E-state index contributed by atoms with van der Waals surface area (Å²) < 4.78 is 10.4. The van der Waals surface area contributed by atoms with Crippen molar-refractivity contribution in [1.29, 1.82) is 0 Å². The Morgan fingerprint density at radius 1 is 1.37 bits per heavy atom. The van der Waals surface area contributed by atoms with Crippen molar-refractivity contribution in [2.75, 3.05) is 25.1 Å². The zero-order valence-electron chi connectivity index (χ0n) is 10.5. The number of anilines is 1. The molecule has 2 N–H and O–H groups in total. The van der Waals surface area contributed by atoms with Crippen LogP contribution in [0.4, 0.5) is 5.69 Å². The van der Waals surface area contributed by atoms with Gasteiger partial charge in [0.05, 0.1) is 31.1 Å². The van der Waals surface area contributed by atoms with Crippen LogP contribution in [-0.2, 0) is 14.3 Å². The van der Waals surface area contributed by atoms with E-state index in [2.05, 4.69) is 5.32 Å². The minimum atomic E-state index is -1.08. The lowest BCUT2D eigenvalue weighted by molar-refractivity contribution is -0.142.